The van der Waals surface area contributed by atoms with Gasteiger partial charge in [0, 0.05) is 48.7 Å². The Kier molecular flexibility index (Phi) is 6.01. The lowest BCUT2D eigenvalue weighted by molar-refractivity contribution is 0.299. The molecule has 0 aliphatic heterocycles. The van der Waals surface area contributed by atoms with Gasteiger partial charge < -0.3 is 4.90 Å². The van der Waals surface area contributed by atoms with E-state index in [1.807, 2.05) is 11.3 Å². The lowest BCUT2D eigenvalue weighted by atomic mass is 9.55. The Balaban J connectivity index is 1.24. The predicted octanol–water partition coefficient (Wildman–Crippen LogP) is 12.9. The van der Waals surface area contributed by atoms with Crippen LogP contribution in [0.15, 0.2) is 127 Å². The zero-order valence-electron chi connectivity index (χ0n) is 28.1. The highest BCUT2D eigenvalue weighted by molar-refractivity contribution is 7.26. The molecule has 0 radical (unpaired) electrons. The average Bonchev–Trinajstić information content (AvgIpc) is 3.56. The molecule has 1 nitrogen and oxygen atoms in total. The monoisotopic (exact) mass is 627 g/mol. The number of nitrogens with zero attached hydrogens (tertiary/aromatic N) is 1. The highest BCUT2D eigenvalue weighted by Crippen LogP contribution is 2.58. The Bertz CT molecular complexity index is 2290. The molecule has 2 unspecified atom stereocenters. The molecule has 0 amide bonds. The fourth-order valence-electron chi connectivity index (χ4n) is 9.01. The van der Waals surface area contributed by atoms with Gasteiger partial charge in [0.25, 0.3) is 0 Å². The Labute approximate surface area is 282 Å². The fraction of sp³-hybridized carbons (Fsp3) is 0.244. The predicted molar refractivity (Wildman–Crippen MR) is 203 cm³/mol. The van der Waals surface area contributed by atoms with Crippen LogP contribution in [-0.2, 0) is 16.2 Å². The van der Waals surface area contributed by atoms with Crippen LogP contribution in [-0.4, -0.2) is 0 Å². The van der Waals surface area contributed by atoms with E-state index in [2.05, 4.69) is 174 Å². The van der Waals surface area contributed by atoms with Crippen LogP contribution in [0, 0.1) is 5.92 Å². The lowest BCUT2D eigenvalue weighted by Crippen LogP contribution is -2.43. The van der Waals surface area contributed by atoms with Crippen molar-refractivity contribution in [3.8, 4) is 11.1 Å². The van der Waals surface area contributed by atoms with Gasteiger partial charge in [0.15, 0.2) is 0 Å². The van der Waals surface area contributed by atoms with Gasteiger partial charge >= 0.3 is 0 Å². The maximum atomic E-state index is 2.47. The SMILES string of the molecule is CC1(C)c2cc(N(c3ccccc3)c3ccc4c(c3)sc3c5c(ccc34)C(C)(C)C(C)(C)c3ccccc3-5)ccc2C2C=CC=CC21. The molecule has 0 spiro atoms. The molecule has 2 heteroatoms. The molecule has 232 valence electrons. The molecule has 0 N–H and O–H groups in total. The third kappa shape index (κ3) is 3.88. The van der Waals surface area contributed by atoms with Gasteiger partial charge in [-0.2, -0.15) is 0 Å². The van der Waals surface area contributed by atoms with Crippen LogP contribution in [0.5, 0.6) is 0 Å². The molecule has 0 saturated heterocycles. The molecule has 5 aromatic carbocycles. The van der Waals surface area contributed by atoms with Gasteiger partial charge in [0.1, 0.15) is 0 Å². The molecule has 2 atom stereocenters. The van der Waals surface area contributed by atoms with Crippen molar-refractivity contribution in [3.05, 3.63) is 150 Å². The first-order chi connectivity index (χ1) is 22.6. The summed E-state index contributed by atoms with van der Waals surface area (Å²) in [6, 6.07) is 39.1. The van der Waals surface area contributed by atoms with Crippen molar-refractivity contribution in [1.82, 2.24) is 0 Å². The Hall–Kier alpha value is -4.40. The maximum Gasteiger partial charge on any atom is 0.0476 e. The second kappa shape index (κ2) is 9.81. The number of hydrogen-bond donors (Lipinski definition) is 0. The minimum absolute atomic E-state index is 0.000747. The number of hydrogen-bond acceptors (Lipinski definition) is 2. The highest BCUT2D eigenvalue weighted by atomic mass is 32.1. The van der Waals surface area contributed by atoms with Crippen LogP contribution in [0.1, 0.15) is 69.7 Å². The van der Waals surface area contributed by atoms with E-state index in [4.69, 9.17) is 0 Å². The van der Waals surface area contributed by atoms with Gasteiger partial charge in [-0.1, -0.05) is 133 Å². The first-order valence-corrected chi connectivity index (χ1v) is 17.8. The third-order valence-electron chi connectivity index (χ3n) is 12.3. The van der Waals surface area contributed by atoms with Crippen LogP contribution in [0.3, 0.4) is 0 Å². The standard InChI is InChI=1S/C45H41NS/c1-43(2)36-18-12-10-16-31(36)32-22-20-29(26-39(32)43)46(28-14-8-7-9-15-28)30-21-23-33-34-24-25-38-41(42(34)47-40(33)27-30)35-17-11-13-19-37(35)44(3,4)45(38,5)6/h7-27,31,36H,1-6H3. The zero-order chi connectivity index (χ0) is 32.3. The highest BCUT2D eigenvalue weighted by Gasteiger charge is 2.47. The molecule has 0 saturated carbocycles. The first-order valence-electron chi connectivity index (χ1n) is 17.0. The Morgan fingerprint density at radius 1 is 0.574 bits per heavy atom. The van der Waals surface area contributed by atoms with Crippen LogP contribution >= 0.6 is 11.3 Å². The van der Waals surface area contributed by atoms with Crippen LogP contribution in [0.2, 0.25) is 0 Å². The van der Waals surface area contributed by atoms with E-state index in [9.17, 15) is 0 Å². The van der Waals surface area contributed by atoms with Crippen molar-refractivity contribution in [2.24, 2.45) is 5.92 Å². The summed E-state index contributed by atoms with van der Waals surface area (Å²) < 4.78 is 2.73. The molecule has 47 heavy (non-hydrogen) atoms. The summed E-state index contributed by atoms with van der Waals surface area (Å²) >= 11 is 1.95. The largest absolute Gasteiger partial charge is 0.310 e. The molecule has 1 heterocycles. The molecule has 6 aromatic rings. The van der Waals surface area contributed by atoms with E-state index in [1.165, 1.54) is 70.6 Å². The average molecular weight is 628 g/mol. The molecular weight excluding hydrogens is 587 g/mol. The fourth-order valence-corrected chi connectivity index (χ4v) is 10.3. The number of fused-ring (bicyclic) bond motifs is 10. The van der Waals surface area contributed by atoms with Crippen molar-refractivity contribution in [1.29, 1.82) is 0 Å². The number of benzene rings is 5. The van der Waals surface area contributed by atoms with Gasteiger partial charge in [-0.05, 0) is 86.4 Å². The molecule has 9 rings (SSSR count). The van der Waals surface area contributed by atoms with Gasteiger partial charge in [0.05, 0.1) is 0 Å². The summed E-state index contributed by atoms with van der Waals surface area (Å²) in [7, 11) is 0. The van der Waals surface area contributed by atoms with E-state index in [0.717, 1.165) is 0 Å². The summed E-state index contributed by atoms with van der Waals surface area (Å²) in [5.41, 5.74) is 12.3. The lowest BCUT2D eigenvalue weighted by Gasteiger charge is -2.48. The normalized spacial score (nSPS) is 20.9. The van der Waals surface area contributed by atoms with Gasteiger partial charge in [-0.3, -0.25) is 0 Å². The van der Waals surface area contributed by atoms with E-state index in [-0.39, 0.29) is 16.2 Å². The van der Waals surface area contributed by atoms with Crippen LogP contribution in [0.4, 0.5) is 17.1 Å². The number of anilines is 3. The molecule has 0 bridgehead atoms. The minimum Gasteiger partial charge on any atom is -0.310 e. The Morgan fingerprint density at radius 3 is 2.09 bits per heavy atom. The summed E-state index contributed by atoms with van der Waals surface area (Å²) in [6.45, 7) is 14.5. The van der Waals surface area contributed by atoms with E-state index in [0.29, 0.717) is 11.8 Å². The van der Waals surface area contributed by atoms with Gasteiger partial charge in [0.2, 0.25) is 0 Å². The number of rotatable bonds is 3. The van der Waals surface area contributed by atoms with Gasteiger partial charge in [-0.15, -0.1) is 11.3 Å². The first kappa shape index (κ1) is 28.8. The Morgan fingerprint density at radius 2 is 1.26 bits per heavy atom. The van der Waals surface area contributed by atoms with Crippen molar-refractivity contribution in [2.45, 2.75) is 63.7 Å². The van der Waals surface area contributed by atoms with Gasteiger partial charge in [-0.25, -0.2) is 0 Å². The summed E-state index contributed by atoms with van der Waals surface area (Å²) in [5, 5.41) is 2.69. The van der Waals surface area contributed by atoms with E-state index >= 15 is 0 Å². The summed E-state index contributed by atoms with van der Waals surface area (Å²) in [5.74, 6) is 0.940. The number of para-hydroxylation sites is 1. The van der Waals surface area contributed by atoms with Crippen LogP contribution < -0.4 is 4.90 Å². The summed E-state index contributed by atoms with van der Waals surface area (Å²) in [6.07, 6.45) is 9.24. The number of thiophene rings is 1. The quantitative estimate of drug-likeness (QED) is 0.189. The second-order valence-corrected chi connectivity index (χ2v) is 16.5. The smallest absolute Gasteiger partial charge is 0.0476 e. The number of allylic oxidation sites excluding steroid dienone is 4. The third-order valence-corrected chi connectivity index (χ3v) is 13.5. The maximum absolute atomic E-state index is 2.47. The topological polar surface area (TPSA) is 3.24 Å². The molecule has 3 aliphatic carbocycles. The molecule has 3 aliphatic rings. The molecular formula is C45H41NS. The van der Waals surface area contributed by atoms with Crippen molar-refractivity contribution in [2.75, 3.05) is 4.90 Å². The molecule has 1 aromatic heterocycles. The van der Waals surface area contributed by atoms with Crippen molar-refractivity contribution < 1.29 is 0 Å². The van der Waals surface area contributed by atoms with Crippen molar-refractivity contribution >= 4 is 48.6 Å². The zero-order valence-corrected chi connectivity index (χ0v) is 29.0. The minimum atomic E-state index is 0.000747. The van der Waals surface area contributed by atoms with E-state index in [1.54, 1.807) is 0 Å². The van der Waals surface area contributed by atoms with Crippen molar-refractivity contribution in [3.63, 3.8) is 0 Å². The summed E-state index contributed by atoms with van der Waals surface area (Å²) in [4.78, 5) is 2.45. The van der Waals surface area contributed by atoms with Crippen LogP contribution in [0.25, 0.3) is 31.3 Å². The van der Waals surface area contributed by atoms with E-state index < -0.39 is 0 Å². The second-order valence-electron chi connectivity index (χ2n) is 15.4. The molecule has 0 fully saturated rings.